The molecule has 1 aromatic carbocycles. The number of rotatable bonds is 6. The molecule has 5 nitrogen and oxygen atoms in total. The van der Waals surface area contributed by atoms with Crippen molar-refractivity contribution < 1.29 is 9.18 Å². The number of nitrogens with zero attached hydrogens (tertiary/aromatic N) is 3. The van der Waals surface area contributed by atoms with E-state index in [4.69, 9.17) is 0 Å². The summed E-state index contributed by atoms with van der Waals surface area (Å²) in [5, 5.41) is 7.60. The molecule has 6 heteroatoms. The summed E-state index contributed by atoms with van der Waals surface area (Å²) in [4.78, 5) is 14.1. The summed E-state index contributed by atoms with van der Waals surface area (Å²) < 4.78 is 15.8. The van der Waals surface area contributed by atoms with Crippen LogP contribution in [0, 0.1) is 5.82 Å². The quantitative estimate of drug-likeness (QED) is 0.863. The molecular weight excluding hydrogens is 331 g/mol. The Morgan fingerprint density at radius 3 is 2.73 bits per heavy atom. The number of likely N-dealkylation sites (tertiary alicyclic amines) is 1. The van der Waals surface area contributed by atoms with Crippen LogP contribution in [-0.2, 0) is 18.4 Å². The number of piperidine rings is 1. The first-order valence-electron chi connectivity index (χ1n) is 9.36. The Bertz CT molecular complexity index is 750. The number of hydrogen-bond acceptors (Lipinski definition) is 3. The standard InChI is InChI=1S/C20H27FN4O/c1-3-6-20(26)22-15-9-11-25(12-10-15)14-16-13-19(23-24(16)2)17-7-4-5-8-18(17)21/h4-5,7-8,13,15H,3,6,9-12,14H2,1-2H3,(H,22,26). The van der Waals surface area contributed by atoms with Crippen molar-refractivity contribution in [1.82, 2.24) is 20.0 Å². The van der Waals surface area contributed by atoms with Crippen LogP contribution in [0.1, 0.15) is 38.3 Å². The van der Waals surface area contributed by atoms with Crippen molar-refractivity contribution in [3.63, 3.8) is 0 Å². The largest absolute Gasteiger partial charge is 0.353 e. The Labute approximate surface area is 154 Å². The van der Waals surface area contributed by atoms with E-state index < -0.39 is 0 Å². The van der Waals surface area contributed by atoms with Crippen LogP contribution < -0.4 is 5.32 Å². The maximum absolute atomic E-state index is 14.0. The average molecular weight is 358 g/mol. The molecule has 1 aromatic heterocycles. The van der Waals surface area contributed by atoms with E-state index in [0.717, 1.165) is 44.6 Å². The highest BCUT2D eigenvalue weighted by molar-refractivity contribution is 5.76. The van der Waals surface area contributed by atoms with Crippen LogP contribution in [0.3, 0.4) is 0 Å². The topological polar surface area (TPSA) is 50.2 Å². The molecule has 0 spiro atoms. The Morgan fingerprint density at radius 1 is 1.31 bits per heavy atom. The van der Waals surface area contributed by atoms with E-state index >= 15 is 0 Å². The summed E-state index contributed by atoms with van der Waals surface area (Å²) in [5.74, 6) is -0.0899. The predicted molar refractivity (Wildman–Crippen MR) is 100.0 cm³/mol. The minimum atomic E-state index is -0.249. The van der Waals surface area contributed by atoms with Crippen LogP contribution in [0.2, 0.25) is 0 Å². The van der Waals surface area contributed by atoms with E-state index in [1.807, 2.05) is 30.8 Å². The lowest BCUT2D eigenvalue weighted by molar-refractivity contribution is -0.122. The molecule has 140 valence electrons. The van der Waals surface area contributed by atoms with Gasteiger partial charge in [-0.05, 0) is 37.5 Å². The van der Waals surface area contributed by atoms with E-state index in [2.05, 4.69) is 15.3 Å². The van der Waals surface area contributed by atoms with Crippen molar-refractivity contribution in [2.45, 2.75) is 45.2 Å². The normalized spacial score (nSPS) is 16.0. The highest BCUT2D eigenvalue weighted by Crippen LogP contribution is 2.23. The third-order valence-corrected chi connectivity index (χ3v) is 4.94. The number of hydrogen-bond donors (Lipinski definition) is 1. The molecule has 1 aliphatic heterocycles. The van der Waals surface area contributed by atoms with Gasteiger partial charge in [0.05, 0.1) is 11.4 Å². The lowest BCUT2D eigenvalue weighted by Crippen LogP contribution is -2.44. The van der Waals surface area contributed by atoms with Crippen molar-refractivity contribution in [3.05, 3.63) is 41.8 Å². The van der Waals surface area contributed by atoms with Crippen LogP contribution >= 0.6 is 0 Å². The van der Waals surface area contributed by atoms with Crippen LogP contribution in [0.25, 0.3) is 11.3 Å². The van der Waals surface area contributed by atoms with Crippen LogP contribution in [0.15, 0.2) is 30.3 Å². The van der Waals surface area contributed by atoms with Gasteiger partial charge in [-0.3, -0.25) is 14.4 Å². The predicted octanol–water partition coefficient (Wildman–Crippen LogP) is 3.11. The van der Waals surface area contributed by atoms with Gasteiger partial charge in [0, 0.05) is 44.7 Å². The first-order chi connectivity index (χ1) is 12.6. The summed E-state index contributed by atoms with van der Waals surface area (Å²) in [6, 6.07) is 8.97. The van der Waals surface area contributed by atoms with E-state index in [-0.39, 0.29) is 17.8 Å². The van der Waals surface area contributed by atoms with Gasteiger partial charge in [0.25, 0.3) is 0 Å². The molecule has 1 N–H and O–H groups in total. The Morgan fingerprint density at radius 2 is 2.04 bits per heavy atom. The summed E-state index contributed by atoms with van der Waals surface area (Å²) in [5.41, 5.74) is 2.27. The second kappa shape index (κ2) is 8.45. The van der Waals surface area contributed by atoms with Crippen LogP contribution in [0.5, 0.6) is 0 Å². The van der Waals surface area contributed by atoms with E-state index in [1.165, 1.54) is 6.07 Å². The first kappa shape index (κ1) is 18.6. The molecule has 0 atom stereocenters. The zero-order chi connectivity index (χ0) is 18.5. The molecule has 1 saturated heterocycles. The number of nitrogens with one attached hydrogen (secondary N) is 1. The highest BCUT2D eigenvalue weighted by Gasteiger charge is 2.21. The zero-order valence-electron chi connectivity index (χ0n) is 15.5. The van der Waals surface area contributed by atoms with Gasteiger partial charge in [-0.25, -0.2) is 4.39 Å². The molecule has 0 radical (unpaired) electrons. The zero-order valence-corrected chi connectivity index (χ0v) is 15.5. The van der Waals surface area contributed by atoms with Crippen molar-refractivity contribution in [2.75, 3.05) is 13.1 Å². The molecule has 0 bridgehead atoms. The summed E-state index contributed by atoms with van der Waals surface area (Å²) in [6.45, 7) is 4.69. The van der Waals surface area contributed by atoms with Gasteiger partial charge in [0.15, 0.2) is 0 Å². The molecule has 1 amide bonds. The fraction of sp³-hybridized carbons (Fsp3) is 0.500. The van der Waals surface area contributed by atoms with Gasteiger partial charge in [-0.2, -0.15) is 5.10 Å². The minimum absolute atomic E-state index is 0.159. The molecule has 26 heavy (non-hydrogen) atoms. The van der Waals surface area contributed by atoms with Crippen LogP contribution in [0.4, 0.5) is 4.39 Å². The Balaban J connectivity index is 1.57. The lowest BCUT2D eigenvalue weighted by atomic mass is 10.0. The molecule has 1 fully saturated rings. The second-order valence-electron chi connectivity index (χ2n) is 6.99. The molecule has 3 rings (SSSR count). The SMILES string of the molecule is CCCC(=O)NC1CCN(Cc2cc(-c3ccccc3F)nn2C)CC1. The number of halogens is 1. The third-order valence-electron chi connectivity index (χ3n) is 4.94. The number of amides is 1. The van der Waals surface area contributed by atoms with Crippen molar-refractivity contribution in [1.29, 1.82) is 0 Å². The van der Waals surface area contributed by atoms with Crippen molar-refractivity contribution in [3.8, 4) is 11.3 Å². The fourth-order valence-electron chi connectivity index (χ4n) is 3.45. The van der Waals surface area contributed by atoms with Gasteiger partial charge in [-0.1, -0.05) is 19.1 Å². The number of aryl methyl sites for hydroxylation is 1. The van der Waals surface area contributed by atoms with Gasteiger partial charge in [0.1, 0.15) is 5.82 Å². The maximum atomic E-state index is 14.0. The van der Waals surface area contributed by atoms with Gasteiger partial charge < -0.3 is 5.32 Å². The number of aromatic nitrogens is 2. The molecular formula is C20H27FN4O. The number of carbonyl (C=O) groups is 1. The molecule has 0 unspecified atom stereocenters. The van der Waals surface area contributed by atoms with E-state index in [9.17, 15) is 9.18 Å². The first-order valence-corrected chi connectivity index (χ1v) is 9.36. The number of benzene rings is 1. The van der Waals surface area contributed by atoms with Crippen LogP contribution in [-0.4, -0.2) is 39.7 Å². The van der Waals surface area contributed by atoms with E-state index in [1.54, 1.807) is 12.1 Å². The lowest BCUT2D eigenvalue weighted by Gasteiger charge is -2.32. The smallest absolute Gasteiger partial charge is 0.220 e. The maximum Gasteiger partial charge on any atom is 0.220 e. The summed E-state index contributed by atoms with van der Waals surface area (Å²) in [7, 11) is 1.90. The van der Waals surface area contributed by atoms with Gasteiger partial charge in [0.2, 0.25) is 5.91 Å². The highest BCUT2D eigenvalue weighted by atomic mass is 19.1. The monoisotopic (exact) mass is 358 g/mol. The number of carbonyl (C=O) groups excluding carboxylic acids is 1. The third kappa shape index (κ3) is 4.49. The fourth-order valence-corrected chi connectivity index (χ4v) is 3.45. The molecule has 2 aromatic rings. The van der Waals surface area contributed by atoms with Crippen molar-refractivity contribution >= 4 is 5.91 Å². The Hall–Kier alpha value is -2.21. The summed E-state index contributed by atoms with van der Waals surface area (Å²) >= 11 is 0. The molecule has 0 saturated carbocycles. The Kier molecular flexibility index (Phi) is 6.04. The summed E-state index contributed by atoms with van der Waals surface area (Å²) in [6.07, 6.45) is 3.42. The minimum Gasteiger partial charge on any atom is -0.353 e. The molecule has 2 heterocycles. The van der Waals surface area contributed by atoms with Gasteiger partial charge in [-0.15, -0.1) is 0 Å². The second-order valence-corrected chi connectivity index (χ2v) is 6.99. The van der Waals surface area contributed by atoms with Crippen molar-refractivity contribution in [2.24, 2.45) is 7.05 Å². The molecule has 0 aliphatic carbocycles. The van der Waals surface area contributed by atoms with E-state index in [0.29, 0.717) is 17.7 Å². The average Bonchev–Trinajstić information content (AvgIpc) is 2.98. The molecule has 1 aliphatic rings. The van der Waals surface area contributed by atoms with Gasteiger partial charge >= 0.3 is 0 Å².